The molecule has 4 aromatic carbocycles. The van der Waals surface area contributed by atoms with Crippen molar-refractivity contribution in [1.29, 1.82) is 0 Å². The van der Waals surface area contributed by atoms with Gasteiger partial charge in [-0.25, -0.2) is 0 Å². The Hall–Kier alpha value is -4.12. The summed E-state index contributed by atoms with van der Waals surface area (Å²) in [6.45, 7) is 11.6. The third-order valence-corrected chi connectivity index (χ3v) is 6.27. The Bertz CT molecular complexity index is 1300. The van der Waals surface area contributed by atoms with Crippen LogP contribution in [-0.4, -0.2) is 15.3 Å². The van der Waals surface area contributed by atoms with Crippen LogP contribution in [0.1, 0.15) is 33.4 Å². The van der Waals surface area contributed by atoms with Gasteiger partial charge in [0.05, 0.1) is 11.4 Å². The van der Waals surface area contributed by atoms with Gasteiger partial charge in [0.1, 0.15) is 17.2 Å². The van der Waals surface area contributed by atoms with Gasteiger partial charge in [0, 0.05) is 5.69 Å². The minimum atomic E-state index is 0.0826. The molecule has 0 aliphatic heterocycles. The molecule has 0 radical (unpaired) electrons. The maximum absolute atomic E-state index is 11.0. The van der Waals surface area contributed by atoms with Gasteiger partial charge in [-0.1, -0.05) is 18.2 Å². The number of hydrogen-bond donors (Lipinski definition) is 3. The van der Waals surface area contributed by atoms with E-state index < -0.39 is 0 Å². The molecule has 0 atom stereocenters. The minimum absolute atomic E-state index is 0.0826. The smallest absolute Gasteiger partial charge is 0.172 e. The van der Waals surface area contributed by atoms with Crippen LogP contribution in [0.3, 0.4) is 0 Å². The molecule has 0 saturated carbocycles. The molecule has 0 bridgehead atoms. The molecule has 4 aromatic rings. The van der Waals surface area contributed by atoms with Gasteiger partial charge >= 0.3 is 0 Å². The number of aryl methyl sites for hydroxylation is 5. The van der Waals surface area contributed by atoms with E-state index in [1.54, 1.807) is 18.2 Å². The zero-order chi connectivity index (χ0) is 25.4. The van der Waals surface area contributed by atoms with Crippen molar-refractivity contribution in [3.05, 3.63) is 94.0 Å². The molecule has 0 saturated heterocycles. The SMILES string of the molecule is Cc1cc(C)c(N(c2ccc(Oc3c(O)ccc(C)c3C)cc2)c2c(C)cc(C)cc2O)c(O)c1. The summed E-state index contributed by atoms with van der Waals surface area (Å²) in [6.07, 6.45) is 0. The van der Waals surface area contributed by atoms with E-state index in [0.29, 0.717) is 22.9 Å². The number of anilines is 3. The van der Waals surface area contributed by atoms with E-state index in [4.69, 9.17) is 4.74 Å². The highest BCUT2D eigenvalue weighted by Crippen LogP contribution is 2.47. The number of nitrogens with zero attached hydrogens (tertiary/aromatic N) is 1. The van der Waals surface area contributed by atoms with Crippen molar-refractivity contribution < 1.29 is 20.1 Å². The van der Waals surface area contributed by atoms with E-state index in [-0.39, 0.29) is 17.2 Å². The lowest BCUT2D eigenvalue weighted by atomic mass is 10.0. The molecule has 5 heteroatoms. The Kier molecular flexibility index (Phi) is 6.35. The van der Waals surface area contributed by atoms with Crippen LogP contribution in [-0.2, 0) is 0 Å². The van der Waals surface area contributed by atoms with Gasteiger partial charge in [-0.15, -0.1) is 0 Å². The highest BCUT2D eigenvalue weighted by atomic mass is 16.5. The van der Waals surface area contributed by atoms with Gasteiger partial charge < -0.3 is 25.0 Å². The predicted octanol–water partition coefficient (Wildman–Crippen LogP) is 7.92. The standard InChI is InChI=1S/C30H31NO4/c1-17-13-20(4)28(26(33)15-17)31(29-21(5)14-18(2)16-27(29)34)23-8-10-24(11-9-23)35-30-22(6)19(3)7-12-25(30)32/h7-16,32-34H,1-6H3. The van der Waals surface area contributed by atoms with E-state index >= 15 is 0 Å². The van der Waals surface area contributed by atoms with Crippen molar-refractivity contribution in [2.45, 2.75) is 41.5 Å². The van der Waals surface area contributed by atoms with E-state index in [2.05, 4.69) is 0 Å². The van der Waals surface area contributed by atoms with E-state index in [0.717, 1.165) is 39.1 Å². The Morgan fingerprint density at radius 1 is 0.571 bits per heavy atom. The molecule has 35 heavy (non-hydrogen) atoms. The summed E-state index contributed by atoms with van der Waals surface area (Å²) in [6, 6.07) is 18.3. The van der Waals surface area contributed by atoms with Crippen molar-refractivity contribution in [3.63, 3.8) is 0 Å². The summed E-state index contributed by atoms with van der Waals surface area (Å²) in [5.74, 6) is 1.32. The second-order valence-corrected chi connectivity index (χ2v) is 9.19. The average molecular weight is 470 g/mol. The first-order chi connectivity index (χ1) is 16.6. The van der Waals surface area contributed by atoms with Crippen LogP contribution in [0.4, 0.5) is 17.1 Å². The molecule has 0 aliphatic rings. The average Bonchev–Trinajstić information content (AvgIpc) is 2.77. The molecular formula is C30H31NO4. The fourth-order valence-electron chi connectivity index (χ4n) is 4.51. The fraction of sp³-hybridized carbons (Fsp3) is 0.200. The Balaban J connectivity index is 1.84. The van der Waals surface area contributed by atoms with Crippen molar-refractivity contribution in [2.24, 2.45) is 0 Å². The van der Waals surface area contributed by atoms with Crippen LogP contribution in [0.15, 0.2) is 60.7 Å². The van der Waals surface area contributed by atoms with Crippen LogP contribution in [0.25, 0.3) is 0 Å². The molecule has 0 fully saturated rings. The lowest BCUT2D eigenvalue weighted by Crippen LogP contribution is -2.13. The summed E-state index contributed by atoms with van der Waals surface area (Å²) in [4.78, 5) is 1.87. The van der Waals surface area contributed by atoms with Crippen molar-refractivity contribution in [1.82, 2.24) is 0 Å². The number of aromatic hydroxyl groups is 3. The van der Waals surface area contributed by atoms with Gasteiger partial charge in [0.15, 0.2) is 11.5 Å². The van der Waals surface area contributed by atoms with Crippen LogP contribution in [0.2, 0.25) is 0 Å². The number of phenols is 3. The molecular weight excluding hydrogens is 438 g/mol. The van der Waals surface area contributed by atoms with E-state index in [1.807, 2.05) is 88.9 Å². The lowest BCUT2D eigenvalue weighted by molar-refractivity contribution is 0.408. The van der Waals surface area contributed by atoms with Gasteiger partial charge in [-0.05, 0) is 117 Å². The number of rotatable bonds is 5. The fourth-order valence-corrected chi connectivity index (χ4v) is 4.51. The summed E-state index contributed by atoms with van der Waals surface area (Å²) in [5, 5.41) is 32.2. The number of phenolic OH excluding ortho intramolecular Hbond substituents is 3. The molecule has 0 unspecified atom stereocenters. The maximum Gasteiger partial charge on any atom is 0.172 e. The van der Waals surface area contributed by atoms with E-state index in [1.165, 1.54) is 0 Å². The maximum atomic E-state index is 11.0. The number of ether oxygens (including phenoxy) is 1. The van der Waals surface area contributed by atoms with Crippen molar-refractivity contribution >= 4 is 17.1 Å². The summed E-state index contributed by atoms with van der Waals surface area (Å²) in [5.41, 5.74) is 7.48. The lowest BCUT2D eigenvalue weighted by Gasteiger charge is -2.30. The molecule has 5 nitrogen and oxygen atoms in total. The minimum Gasteiger partial charge on any atom is -0.506 e. The second kappa shape index (κ2) is 9.26. The molecule has 3 N–H and O–H groups in total. The Morgan fingerprint density at radius 3 is 1.57 bits per heavy atom. The zero-order valence-electron chi connectivity index (χ0n) is 21.0. The topological polar surface area (TPSA) is 73.2 Å². The first kappa shape index (κ1) is 24.0. The number of benzene rings is 4. The Labute approximate surface area is 206 Å². The van der Waals surface area contributed by atoms with E-state index in [9.17, 15) is 15.3 Å². The highest BCUT2D eigenvalue weighted by Gasteiger charge is 2.23. The van der Waals surface area contributed by atoms with Crippen LogP contribution in [0.5, 0.6) is 28.7 Å². The van der Waals surface area contributed by atoms with Gasteiger partial charge in [-0.3, -0.25) is 0 Å². The number of hydrogen-bond acceptors (Lipinski definition) is 5. The van der Waals surface area contributed by atoms with Crippen LogP contribution in [0, 0.1) is 41.5 Å². The molecule has 0 aromatic heterocycles. The molecule has 0 amide bonds. The van der Waals surface area contributed by atoms with Gasteiger partial charge in [0.25, 0.3) is 0 Å². The highest BCUT2D eigenvalue weighted by molar-refractivity contribution is 5.86. The Morgan fingerprint density at radius 2 is 1.09 bits per heavy atom. The molecule has 180 valence electrons. The first-order valence-electron chi connectivity index (χ1n) is 11.5. The monoisotopic (exact) mass is 469 g/mol. The third kappa shape index (κ3) is 4.62. The molecule has 0 spiro atoms. The summed E-state index contributed by atoms with van der Waals surface area (Å²) in [7, 11) is 0. The summed E-state index contributed by atoms with van der Waals surface area (Å²) < 4.78 is 6.03. The second-order valence-electron chi connectivity index (χ2n) is 9.19. The normalized spacial score (nSPS) is 10.9. The summed E-state index contributed by atoms with van der Waals surface area (Å²) >= 11 is 0. The van der Waals surface area contributed by atoms with Crippen LogP contribution >= 0.6 is 0 Å². The molecule has 4 rings (SSSR count). The first-order valence-corrected chi connectivity index (χ1v) is 11.5. The largest absolute Gasteiger partial charge is 0.506 e. The van der Waals surface area contributed by atoms with Crippen molar-refractivity contribution in [2.75, 3.05) is 4.90 Å². The van der Waals surface area contributed by atoms with Crippen LogP contribution < -0.4 is 9.64 Å². The third-order valence-electron chi connectivity index (χ3n) is 6.27. The quantitative estimate of drug-likeness (QED) is 0.277. The van der Waals surface area contributed by atoms with Gasteiger partial charge in [-0.2, -0.15) is 0 Å². The molecule has 0 aliphatic carbocycles. The molecule has 0 heterocycles. The predicted molar refractivity (Wildman–Crippen MR) is 141 cm³/mol. The van der Waals surface area contributed by atoms with Gasteiger partial charge in [0.2, 0.25) is 0 Å². The zero-order valence-corrected chi connectivity index (χ0v) is 21.0. The van der Waals surface area contributed by atoms with Crippen molar-refractivity contribution in [3.8, 4) is 28.7 Å².